The molecule has 0 atom stereocenters. The number of hydrogen-bond donors (Lipinski definition) is 1. The summed E-state index contributed by atoms with van der Waals surface area (Å²) in [5.74, 6) is 0.324. The first-order valence-electron chi connectivity index (χ1n) is 6.10. The minimum Gasteiger partial charge on any atom is -0.339 e. The van der Waals surface area contributed by atoms with Crippen LogP contribution >= 0.6 is 0 Å². The number of hydrogen-bond acceptors (Lipinski definition) is 4. The van der Waals surface area contributed by atoms with Gasteiger partial charge in [0.25, 0.3) is 6.54 Å². The summed E-state index contributed by atoms with van der Waals surface area (Å²) in [7, 11) is 0. The van der Waals surface area contributed by atoms with Gasteiger partial charge in [-0.1, -0.05) is 24.3 Å². The fourth-order valence-corrected chi connectivity index (χ4v) is 1.62. The lowest BCUT2D eigenvalue weighted by atomic mass is 10.3. The van der Waals surface area contributed by atoms with Gasteiger partial charge in [-0.2, -0.15) is 0 Å². The molecule has 0 spiro atoms. The number of amidine groups is 1. The third-order valence-corrected chi connectivity index (χ3v) is 2.52. The highest BCUT2D eigenvalue weighted by Gasteiger charge is 2.07. The second kappa shape index (κ2) is 6.98. The van der Waals surface area contributed by atoms with Crippen molar-refractivity contribution in [1.82, 2.24) is 4.98 Å². The van der Waals surface area contributed by atoms with Gasteiger partial charge >= 0.3 is 0 Å². The van der Waals surface area contributed by atoms with E-state index in [-0.39, 0.29) is 6.54 Å². The quantitative estimate of drug-likeness (QED) is 0.391. The molecule has 6 heteroatoms. The molecule has 1 aromatic heterocycles. The van der Waals surface area contributed by atoms with Gasteiger partial charge in [0.1, 0.15) is 0 Å². The van der Waals surface area contributed by atoms with Crippen molar-refractivity contribution in [2.75, 3.05) is 11.9 Å². The van der Waals surface area contributed by atoms with Crippen LogP contribution in [-0.4, -0.2) is 22.3 Å². The first kappa shape index (κ1) is 13.7. The van der Waals surface area contributed by atoms with Crippen molar-refractivity contribution in [2.24, 2.45) is 4.99 Å². The Bertz CT molecular complexity index is 585. The van der Waals surface area contributed by atoms with Crippen LogP contribution in [0.1, 0.15) is 5.56 Å². The molecule has 0 radical (unpaired) electrons. The molecule has 0 bridgehead atoms. The fourth-order valence-electron chi connectivity index (χ4n) is 1.62. The number of rotatable bonds is 5. The number of nitrogens with one attached hydrogen (secondary N) is 1. The molecular formula is C14H14N4O2. The Balaban J connectivity index is 2.08. The predicted molar refractivity (Wildman–Crippen MR) is 77.3 cm³/mol. The Morgan fingerprint density at radius 1 is 1.25 bits per heavy atom. The number of pyridine rings is 1. The highest BCUT2D eigenvalue weighted by Crippen LogP contribution is 2.06. The van der Waals surface area contributed by atoms with Crippen molar-refractivity contribution in [3.05, 3.63) is 70.5 Å². The van der Waals surface area contributed by atoms with Crippen molar-refractivity contribution in [2.45, 2.75) is 6.54 Å². The van der Waals surface area contributed by atoms with E-state index in [0.717, 1.165) is 11.3 Å². The largest absolute Gasteiger partial charge is 0.339 e. The SMILES string of the molecule is O=[N+]([O-])CC(=NCc1cccnc1)Nc1ccccc1. The molecule has 0 unspecified atom stereocenters. The van der Waals surface area contributed by atoms with Gasteiger partial charge in [-0.05, 0) is 23.8 Å². The van der Waals surface area contributed by atoms with Gasteiger partial charge in [0.2, 0.25) is 0 Å². The molecule has 102 valence electrons. The molecule has 1 N–H and O–H groups in total. The van der Waals surface area contributed by atoms with Crippen LogP contribution in [0.4, 0.5) is 5.69 Å². The molecule has 0 aliphatic rings. The summed E-state index contributed by atoms with van der Waals surface area (Å²) >= 11 is 0. The summed E-state index contributed by atoms with van der Waals surface area (Å²) in [6.45, 7) is 0.0198. The van der Waals surface area contributed by atoms with E-state index in [1.165, 1.54) is 0 Å². The normalized spacial score (nSPS) is 11.1. The van der Waals surface area contributed by atoms with Gasteiger partial charge in [0.15, 0.2) is 5.84 Å². The first-order chi connectivity index (χ1) is 9.74. The number of benzene rings is 1. The Labute approximate surface area is 116 Å². The zero-order valence-electron chi connectivity index (χ0n) is 10.8. The van der Waals surface area contributed by atoms with Crippen molar-refractivity contribution >= 4 is 11.5 Å². The summed E-state index contributed by atoms with van der Waals surface area (Å²) < 4.78 is 0. The minimum atomic E-state index is -0.405. The van der Waals surface area contributed by atoms with E-state index in [2.05, 4.69) is 15.3 Å². The second-order valence-corrected chi connectivity index (χ2v) is 4.11. The van der Waals surface area contributed by atoms with Gasteiger partial charge < -0.3 is 5.32 Å². The summed E-state index contributed by atoms with van der Waals surface area (Å²) in [6, 6.07) is 12.9. The van der Waals surface area contributed by atoms with Gasteiger partial charge in [0, 0.05) is 23.0 Å². The van der Waals surface area contributed by atoms with Crippen molar-refractivity contribution < 1.29 is 4.92 Å². The van der Waals surface area contributed by atoms with Gasteiger partial charge in [-0.25, -0.2) is 0 Å². The fraction of sp³-hybridized carbons (Fsp3) is 0.143. The highest BCUT2D eigenvalue weighted by atomic mass is 16.6. The third-order valence-electron chi connectivity index (χ3n) is 2.52. The molecule has 0 amide bonds. The van der Waals surface area contributed by atoms with Crippen molar-refractivity contribution in [3.8, 4) is 0 Å². The average molecular weight is 270 g/mol. The smallest absolute Gasteiger partial charge is 0.260 e. The maximum absolute atomic E-state index is 10.7. The van der Waals surface area contributed by atoms with Gasteiger partial charge in [-0.15, -0.1) is 0 Å². The minimum absolute atomic E-state index is 0.324. The number of nitro groups is 1. The van der Waals surface area contributed by atoms with Crippen LogP contribution in [0.25, 0.3) is 0 Å². The third kappa shape index (κ3) is 4.49. The van der Waals surface area contributed by atoms with Crippen molar-refractivity contribution in [3.63, 3.8) is 0 Å². The summed E-state index contributed by atoms with van der Waals surface area (Å²) in [6.07, 6.45) is 3.36. The molecule has 20 heavy (non-hydrogen) atoms. The van der Waals surface area contributed by atoms with Crippen LogP contribution in [-0.2, 0) is 6.54 Å². The van der Waals surface area contributed by atoms with E-state index in [0.29, 0.717) is 12.4 Å². The lowest BCUT2D eigenvalue weighted by Crippen LogP contribution is -2.22. The molecule has 0 saturated heterocycles. The van der Waals surface area contributed by atoms with Crippen LogP contribution in [0.2, 0.25) is 0 Å². The highest BCUT2D eigenvalue weighted by molar-refractivity contribution is 5.96. The average Bonchev–Trinajstić information content (AvgIpc) is 2.46. The van der Waals surface area contributed by atoms with Crippen LogP contribution in [0, 0.1) is 10.1 Å². The first-order valence-corrected chi connectivity index (χ1v) is 6.10. The number of aliphatic imine (C=N–C) groups is 1. The molecule has 1 aromatic carbocycles. The Morgan fingerprint density at radius 3 is 2.70 bits per heavy atom. The molecule has 0 fully saturated rings. The summed E-state index contributed by atoms with van der Waals surface area (Å²) in [4.78, 5) is 18.5. The van der Waals surface area contributed by atoms with Crippen LogP contribution in [0.3, 0.4) is 0 Å². The van der Waals surface area contributed by atoms with E-state index >= 15 is 0 Å². The van der Waals surface area contributed by atoms with Crippen molar-refractivity contribution in [1.29, 1.82) is 0 Å². The van der Waals surface area contributed by atoms with Gasteiger partial charge in [0.05, 0.1) is 6.54 Å². The Morgan fingerprint density at radius 2 is 2.05 bits per heavy atom. The Kier molecular flexibility index (Phi) is 4.77. The summed E-state index contributed by atoms with van der Waals surface area (Å²) in [5.41, 5.74) is 1.68. The van der Waals surface area contributed by atoms with Crippen LogP contribution in [0.5, 0.6) is 0 Å². The van der Waals surface area contributed by atoms with Crippen LogP contribution in [0.15, 0.2) is 59.9 Å². The molecule has 0 saturated carbocycles. The van der Waals surface area contributed by atoms with E-state index in [9.17, 15) is 10.1 Å². The molecular weight excluding hydrogens is 256 g/mol. The lowest BCUT2D eigenvalue weighted by Gasteiger charge is -2.06. The maximum Gasteiger partial charge on any atom is 0.260 e. The van der Waals surface area contributed by atoms with Gasteiger partial charge in [-0.3, -0.25) is 20.1 Å². The maximum atomic E-state index is 10.7. The zero-order valence-corrected chi connectivity index (χ0v) is 10.8. The number of para-hydroxylation sites is 1. The molecule has 6 nitrogen and oxygen atoms in total. The molecule has 0 aliphatic heterocycles. The summed E-state index contributed by atoms with van der Waals surface area (Å²) in [5, 5.41) is 13.7. The predicted octanol–water partition coefficient (Wildman–Crippen LogP) is 2.37. The Hall–Kier alpha value is -2.76. The monoisotopic (exact) mass is 270 g/mol. The van der Waals surface area contributed by atoms with E-state index in [1.807, 2.05) is 42.5 Å². The van der Waals surface area contributed by atoms with E-state index in [1.54, 1.807) is 12.4 Å². The molecule has 0 aliphatic carbocycles. The zero-order chi connectivity index (χ0) is 14.2. The standard InChI is InChI=1S/C14H14N4O2/c19-18(20)11-14(17-13-6-2-1-3-7-13)16-10-12-5-4-8-15-9-12/h1-9H,10-11H2,(H,16,17). The van der Waals surface area contributed by atoms with Crippen LogP contribution < -0.4 is 5.32 Å². The van der Waals surface area contributed by atoms with E-state index in [4.69, 9.17) is 0 Å². The topological polar surface area (TPSA) is 80.4 Å². The number of nitrogens with zero attached hydrogens (tertiary/aromatic N) is 3. The van der Waals surface area contributed by atoms with E-state index < -0.39 is 4.92 Å². The number of anilines is 1. The molecule has 2 rings (SSSR count). The number of aromatic nitrogens is 1. The lowest BCUT2D eigenvalue weighted by molar-refractivity contribution is -0.463. The second-order valence-electron chi connectivity index (χ2n) is 4.11. The molecule has 1 heterocycles. The molecule has 2 aromatic rings.